The fourth-order valence-electron chi connectivity index (χ4n) is 2.23. The molecule has 0 aromatic heterocycles. The van der Waals surface area contributed by atoms with Crippen LogP contribution in [-0.4, -0.2) is 33.6 Å². The summed E-state index contributed by atoms with van der Waals surface area (Å²) in [4.78, 5) is 11.9. The third kappa shape index (κ3) is 5.30. The first-order valence-corrected chi connectivity index (χ1v) is 9.17. The Morgan fingerprint density at radius 2 is 2.05 bits per heavy atom. The number of amides is 1. The summed E-state index contributed by atoms with van der Waals surface area (Å²) in [5.41, 5.74) is 0.897. The predicted molar refractivity (Wildman–Crippen MR) is 79.8 cm³/mol. The first kappa shape index (κ1) is 16.3. The number of carbonyl (C=O) groups excluding carboxylic acids is 1. The summed E-state index contributed by atoms with van der Waals surface area (Å²) in [6.07, 6.45) is 2.85. The van der Waals surface area contributed by atoms with Gasteiger partial charge in [0, 0.05) is 23.7 Å². The molecule has 0 spiro atoms. The van der Waals surface area contributed by atoms with E-state index in [-0.39, 0.29) is 16.8 Å². The number of aryl methyl sites for hydroxylation is 1. The van der Waals surface area contributed by atoms with Crippen LogP contribution in [0.4, 0.5) is 0 Å². The molecule has 0 saturated carbocycles. The molecule has 0 aliphatic carbocycles. The van der Waals surface area contributed by atoms with Crippen LogP contribution in [0.25, 0.3) is 0 Å². The molecule has 1 aromatic carbocycles. The highest BCUT2D eigenvalue weighted by Gasteiger charge is 2.16. The molecule has 1 saturated heterocycles. The lowest BCUT2D eigenvalue weighted by Gasteiger charge is -2.23. The monoisotopic (exact) mass is 331 g/mol. The Morgan fingerprint density at radius 1 is 1.33 bits per heavy atom. The molecule has 1 unspecified atom stereocenters. The van der Waals surface area contributed by atoms with E-state index in [9.17, 15) is 13.2 Å². The molecule has 21 heavy (non-hydrogen) atoms. The largest absolute Gasteiger partial charge is 0.379 e. The van der Waals surface area contributed by atoms with Gasteiger partial charge in [0.25, 0.3) is 9.05 Å². The number of carbonyl (C=O) groups is 1. The van der Waals surface area contributed by atoms with Crippen LogP contribution in [0.3, 0.4) is 0 Å². The molecule has 1 fully saturated rings. The highest BCUT2D eigenvalue weighted by atomic mass is 35.7. The van der Waals surface area contributed by atoms with Gasteiger partial charge in [-0.2, -0.15) is 0 Å². The van der Waals surface area contributed by atoms with Gasteiger partial charge in [0.15, 0.2) is 0 Å². The van der Waals surface area contributed by atoms with Crippen molar-refractivity contribution in [3.8, 4) is 0 Å². The Bertz CT molecular complexity index is 579. The second kappa shape index (κ2) is 7.24. The molecule has 0 bridgehead atoms. The van der Waals surface area contributed by atoms with Crippen LogP contribution in [0.2, 0.25) is 0 Å². The number of hydrogen-bond acceptors (Lipinski definition) is 4. The van der Waals surface area contributed by atoms with Gasteiger partial charge in [-0.15, -0.1) is 0 Å². The lowest BCUT2D eigenvalue weighted by molar-refractivity contribution is -0.122. The van der Waals surface area contributed by atoms with Gasteiger partial charge in [0.05, 0.1) is 17.5 Å². The molecular weight excluding hydrogens is 314 g/mol. The average Bonchev–Trinajstić information content (AvgIpc) is 2.46. The summed E-state index contributed by atoms with van der Waals surface area (Å²) in [7, 11) is 1.55. The number of halogens is 1. The van der Waals surface area contributed by atoms with E-state index in [1.807, 2.05) is 0 Å². The molecule has 1 aromatic rings. The molecule has 1 aliphatic heterocycles. The van der Waals surface area contributed by atoms with Crippen molar-refractivity contribution >= 4 is 25.6 Å². The average molecular weight is 332 g/mol. The molecule has 2 rings (SSSR count). The second-order valence-corrected chi connectivity index (χ2v) is 7.63. The first-order chi connectivity index (χ1) is 9.95. The lowest BCUT2D eigenvalue weighted by atomic mass is 10.1. The Balaban J connectivity index is 1.81. The Labute approximate surface area is 129 Å². The summed E-state index contributed by atoms with van der Waals surface area (Å²) in [5.74, 6) is -0.0143. The van der Waals surface area contributed by atoms with Crippen molar-refractivity contribution in [3.63, 3.8) is 0 Å². The van der Waals surface area contributed by atoms with Gasteiger partial charge in [-0.05, 0) is 37.0 Å². The van der Waals surface area contributed by atoms with Crippen LogP contribution < -0.4 is 5.32 Å². The number of nitrogens with one attached hydrogen (secondary N) is 1. The van der Waals surface area contributed by atoms with E-state index in [1.54, 1.807) is 12.1 Å². The van der Waals surface area contributed by atoms with E-state index in [2.05, 4.69) is 5.32 Å². The van der Waals surface area contributed by atoms with Gasteiger partial charge in [-0.3, -0.25) is 4.79 Å². The molecule has 1 N–H and O–H groups in total. The van der Waals surface area contributed by atoms with E-state index in [1.165, 1.54) is 12.1 Å². The van der Waals surface area contributed by atoms with E-state index >= 15 is 0 Å². The Kier molecular flexibility index (Phi) is 5.61. The molecule has 1 aliphatic rings. The van der Waals surface area contributed by atoms with E-state index < -0.39 is 9.05 Å². The second-order valence-electron chi connectivity index (χ2n) is 5.06. The maximum atomic E-state index is 11.8. The quantitative estimate of drug-likeness (QED) is 0.836. The summed E-state index contributed by atoms with van der Waals surface area (Å²) in [6.45, 7) is 1.34. The minimum atomic E-state index is -3.69. The predicted octanol–water partition coefficient (Wildman–Crippen LogP) is 1.84. The SMILES string of the molecule is O=C(CCc1ccc(S(=O)(=O)Cl)cc1)NC1CCCOC1. The summed E-state index contributed by atoms with van der Waals surface area (Å²) < 4.78 is 27.5. The molecule has 0 radical (unpaired) electrons. The van der Waals surface area contributed by atoms with Gasteiger partial charge in [0.1, 0.15) is 0 Å². The fourth-order valence-corrected chi connectivity index (χ4v) is 3.00. The van der Waals surface area contributed by atoms with Crippen LogP contribution in [0.1, 0.15) is 24.8 Å². The molecule has 1 amide bonds. The first-order valence-electron chi connectivity index (χ1n) is 6.86. The highest BCUT2D eigenvalue weighted by Crippen LogP contribution is 2.16. The topological polar surface area (TPSA) is 72.5 Å². The molecule has 7 heteroatoms. The van der Waals surface area contributed by atoms with Gasteiger partial charge in [-0.25, -0.2) is 8.42 Å². The number of ether oxygens (including phenoxy) is 1. The van der Waals surface area contributed by atoms with Crippen molar-refractivity contribution < 1.29 is 17.9 Å². The maximum Gasteiger partial charge on any atom is 0.261 e. The van der Waals surface area contributed by atoms with Crippen LogP contribution in [0.15, 0.2) is 29.2 Å². The van der Waals surface area contributed by atoms with Crippen molar-refractivity contribution in [3.05, 3.63) is 29.8 Å². The summed E-state index contributed by atoms with van der Waals surface area (Å²) >= 11 is 0. The van der Waals surface area contributed by atoms with Gasteiger partial charge in [0.2, 0.25) is 5.91 Å². The van der Waals surface area contributed by atoms with Crippen molar-refractivity contribution in [1.29, 1.82) is 0 Å². The minimum Gasteiger partial charge on any atom is -0.379 e. The van der Waals surface area contributed by atoms with Gasteiger partial charge in [-0.1, -0.05) is 12.1 Å². The van der Waals surface area contributed by atoms with Crippen molar-refractivity contribution in [2.75, 3.05) is 13.2 Å². The Morgan fingerprint density at radius 3 is 2.62 bits per heavy atom. The van der Waals surface area contributed by atoms with Crippen LogP contribution >= 0.6 is 10.7 Å². The van der Waals surface area contributed by atoms with Crippen molar-refractivity contribution in [1.82, 2.24) is 5.32 Å². The third-order valence-electron chi connectivity index (χ3n) is 3.37. The zero-order valence-corrected chi connectivity index (χ0v) is 13.1. The van der Waals surface area contributed by atoms with Crippen LogP contribution in [0.5, 0.6) is 0 Å². The standard InChI is InChI=1S/C14H18ClNO4S/c15-21(18,19)13-6-3-11(4-7-13)5-8-14(17)16-12-2-1-9-20-10-12/h3-4,6-7,12H,1-2,5,8-10H2,(H,16,17). The van der Waals surface area contributed by atoms with Gasteiger partial charge < -0.3 is 10.1 Å². The lowest BCUT2D eigenvalue weighted by Crippen LogP contribution is -2.40. The minimum absolute atomic E-state index is 0.0143. The Hall–Kier alpha value is -1.11. The third-order valence-corrected chi connectivity index (χ3v) is 4.74. The molecule has 5 nitrogen and oxygen atoms in total. The van der Waals surface area contributed by atoms with E-state index in [0.29, 0.717) is 19.4 Å². The molecule has 1 heterocycles. The van der Waals surface area contributed by atoms with Crippen molar-refractivity contribution in [2.24, 2.45) is 0 Å². The van der Waals surface area contributed by atoms with E-state index in [0.717, 1.165) is 25.0 Å². The van der Waals surface area contributed by atoms with Crippen molar-refractivity contribution in [2.45, 2.75) is 36.6 Å². The number of rotatable bonds is 5. The zero-order chi connectivity index (χ0) is 15.3. The van der Waals surface area contributed by atoms with Crippen LogP contribution in [0, 0.1) is 0 Å². The maximum absolute atomic E-state index is 11.8. The summed E-state index contributed by atoms with van der Waals surface area (Å²) in [5, 5.41) is 2.94. The highest BCUT2D eigenvalue weighted by molar-refractivity contribution is 8.13. The van der Waals surface area contributed by atoms with Crippen LogP contribution in [-0.2, 0) is 25.0 Å². The van der Waals surface area contributed by atoms with Gasteiger partial charge >= 0.3 is 0 Å². The molecular formula is C14H18ClNO4S. The van der Waals surface area contributed by atoms with E-state index in [4.69, 9.17) is 15.4 Å². The normalized spacial score (nSPS) is 19.2. The summed E-state index contributed by atoms with van der Waals surface area (Å²) in [6, 6.07) is 6.35. The number of hydrogen-bond donors (Lipinski definition) is 1. The molecule has 116 valence electrons. The number of benzene rings is 1. The zero-order valence-electron chi connectivity index (χ0n) is 11.5. The molecule has 1 atom stereocenters. The fraction of sp³-hybridized carbons (Fsp3) is 0.500. The smallest absolute Gasteiger partial charge is 0.261 e.